The lowest BCUT2D eigenvalue weighted by atomic mass is 10.2. The normalized spacial score (nSPS) is 17.0. The third-order valence-electron chi connectivity index (χ3n) is 3.53. The highest BCUT2D eigenvalue weighted by Crippen LogP contribution is 2.24. The maximum atomic E-state index is 12.8. The zero-order chi connectivity index (χ0) is 14.9. The van der Waals surface area contributed by atoms with Gasteiger partial charge < -0.3 is 5.32 Å². The van der Waals surface area contributed by atoms with Crippen LogP contribution in [0.25, 0.3) is 0 Å². The molecule has 1 aliphatic heterocycles. The third kappa shape index (κ3) is 3.77. The van der Waals surface area contributed by atoms with Crippen LogP contribution in [0, 0.1) is 19.8 Å². The van der Waals surface area contributed by atoms with Crippen LogP contribution in [0.5, 0.6) is 0 Å². The zero-order valence-corrected chi connectivity index (χ0v) is 14.7. The van der Waals surface area contributed by atoms with Gasteiger partial charge in [-0.1, -0.05) is 13.8 Å². The number of sulfonamides is 1. The largest absolute Gasteiger partial charge is 0.314 e. The summed E-state index contributed by atoms with van der Waals surface area (Å²) in [5.74, 6) is 0.433. The van der Waals surface area contributed by atoms with Crippen LogP contribution in [-0.4, -0.2) is 48.7 Å². The lowest BCUT2D eigenvalue weighted by Gasteiger charge is -2.26. The van der Waals surface area contributed by atoms with Gasteiger partial charge in [-0.15, -0.1) is 12.4 Å². The topological polar surface area (TPSA) is 67.2 Å². The van der Waals surface area contributed by atoms with Gasteiger partial charge in [0.25, 0.3) is 0 Å². The molecular formula is C13H25ClN4O2S. The smallest absolute Gasteiger partial charge is 0.246 e. The fourth-order valence-electron chi connectivity index (χ4n) is 2.59. The molecule has 1 fully saturated rings. The molecular weight excluding hydrogens is 312 g/mol. The summed E-state index contributed by atoms with van der Waals surface area (Å²) in [4.78, 5) is 0.389. The van der Waals surface area contributed by atoms with Crippen molar-refractivity contribution < 1.29 is 8.42 Å². The Morgan fingerprint density at radius 3 is 2.33 bits per heavy atom. The number of rotatable bonds is 4. The maximum absolute atomic E-state index is 12.8. The number of hydrogen-bond acceptors (Lipinski definition) is 4. The van der Waals surface area contributed by atoms with Crippen LogP contribution >= 0.6 is 12.4 Å². The number of halogens is 1. The molecule has 6 nitrogen and oxygen atoms in total. The van der Waals surface area contributed by atoms with E-state index in [1.165, 1.54) is 0 Å². The minimum atomic E-state index is -3.43. The monoisotopic (exact) mass is 336 g/mol. The van der Waals surface area contributed by atoms with Gasteiger partial charge in [0.2, 0.25) is 10.0 Å². The molecule has 1 aromatic heterocycles. The van der Waals surface area contributed by atoms with Crippen molar-refractivity contribution in [2.45, 2.75) is 39.1 Å². The molecule has 0 aromatic carbocycles. The molecule has 1 aliphatic rings. The van der Waals surface area contributed by atoms with Gasteiger partial charge in [0.1, 0.15) is 4.90 Å². The van der Waals surface area contributed by atoms with Crippen LogP contribution in [0.1, 0.15) is 25.2 Å². The Balaban J connectivity index is 0.00000220. The Bertz CT molecular complexity index is 577. The van der Waals surface area contributed by atoms with E-state index in [-0.39, 0.29) is 12.4 Å². The lowest BCUT2D eigenvalue weighted by molar-refractivity contribution is 0.359. The van der Waals surface area contributed by atoms with E-state index in [2.05, 4.69) is 24.3 Å². The van der Waals surface area contributed by atoms with Crippen molar-refractivity contribution in [2.75, 3.05) is 26.2 Å². The Kier molecular flexibility index (Phi) is 6.22. The highest BCUT2D eigenvalue weighted by atomic mass is 35.5. The maximum Gasteiger partial charge on any atom is 0.246 e. The minimum Gasteiger partial charge on any atom is -0.314 e. The fourth-order valence-corrected chi connectivity index (χ4v) is 4.41. The van der Waals surface area contributed by atoms with E-state index in [1.54, 1.807) is 11.2 Å². The molecule has 1 aromatic rings. The van der Waals surface area contributed by atoms with Gasteiger partial charge in [0.15, 0.2) is 0 Å². The van der Waals surface area contributed by atoms with Crippen molar-refractivity contribution in [1.82, 2.24) is 19.4 Å². The van der Waals surface area contributed by atoms with E-state index in [4.69, 9.17) is 0 Å². The van der Waals surface area contributed by atoms with Gasteiger partial charge in [0, 0.05) is 32.7 Å². The molecule has 122 valence electrons. The Labute approximate surface area is 133 Å². The predicted octanol–water partition coefficient (Wildman–Crippen LogP) is 1.17. The van der Waals surface area contributed by atoms with Crippen molar-refractivity contribution >= 4 is 22.4 Å². The molecule has 21 heavy (non-hydrogen) atoms. The summed E-state index contributed by atoms with van der Waals surface area (Å²) >= 11 is 0. The molecule has 0 unspecified atom stereocenters. The molecule has 0 amide bonds. The average molecular weight is 337 g/mol. The second-order valence-corrected chi connectivity index (χ2v) is 7.60. The van der Waals surface area contributed by atoms with E-state index in [0.29, 0.717) is 42.7 Å². The van der Waals surface area contributed by atoms with Crippen molar-refractivity contribution in [2.24, 2.45) is 5.92 Å². The zero-order valence-electron chi connectivity index (χ0n) is 13.1. The van der Waals surface area contributed by atoms with Crippen LogP contribution in [0.2, 0.25) is 0 Å². The summed E-state index contributed by atoms with van der Waals surface area (Å²) < 4.78 is 28.9. The van der Waals surface area contributed by atoms with Crippen LogP contribution in [0.15, 0.2) is 4.90 Å². The van der Waals surface area contributed by atoms with Gasteiger partial charge in [-0.25, -0.2) is 8.42 Å². The summed E-state index contributed by atoms with van der Waals surface area (Å²) in [5.41, 5.74) is 1.34. The number of aromatic nitrogens is 2. The molecule has 1 saturated heterocycles. The van der Waals surface area contributed by atoms with Crippen molar-refractivity contribution in [3.05, 3.63) is 11.4 Å². The average Bonchev–Trinajstić information content (AvgIpc) is 2.65. The van der Waals surface area contributed by atoms with Crippen molar-refractivity contribution in [1.29, 1.82) is 0 Å². The SMILES string of the molecule is Cc1nn(CC(C)C)c(C)c1S(=O)(=O)N1CCNCC1.Cl. The summed E-state index contributed by atoms with van der Waals surface area (Å²) in [7, 11) is -3.43. The Morgan fingerprint density at radius 1 is 1.24 bits per heavy atom. The summed E-state index contributed by atoms with van der Waals surface area (Å²) in [6.45, 7) is 11.0. The first-order valence-corrected chi connectivity index (χ1v) is 8.53. The van der Waals surface area contributed by atoms with E-state index in [1.807, 2.05) is 11.6 Å². The number of nitrogens with one attached hydrogen (secondary N) is 1. The standard InChI is InChI=1S/C13H24N4O2S.ClH/c1-10(2)9-17-12(4)13(11(3)15-17)20(18,19)16-7-5-14-6-8-16;/h10,14H,5-9H2,1-4H3;1H. The van der Waals surface area contributed by atoms with Gasteiger partial charge >= 0.3 is 0 Å². The molecule has 2 rings (SSSR count). The van der Waals surface area contributed by atoms with E-state index in [9.17, 15) is 8.42 Å². The highest BCUT2D eigenvalue weighted by molar-refractivity contribution is 7.89. The predicted molar refractivity (Wildman–Crippen MR) is 85.4 cm³/mol. The van der Waals surface area contributed by atoms with E-state index >= 15 is 0 Å². The molecule has 8 heteroatoms. The first-order valence-electron chi connectivity index (χ1n) is 7.09. The van der Waals surface area contributed by atoms with Gasteiger partial charge in [0.05, 0.1) is 11.4 Å². The minimum absolute atomic E-state index is 0. The Morgan fingerprint density at radius 2 is 1.81 bits per heavy atom. The van der Waals surface area contributed by atoms with Gasteiger partial charge in [-0.2, -0.15) is 9.40 Å². The molecule has 0 aliphatic carbocycles. The molecule has 0 bridgehead atoms. The summed E-state index contributed by atoms with van der Waals surface area (Å²) in [6, 6.07) is 0. The quantitative estimate of drug-likeness (QED) is 0.896. The van der Waals surface area contributed by atoms with Crippen LogP contribution < -0.4 is 5.32 Å². The molecule has 0 saturated carbocycles. The number of aryl methyl sites for hydroxylation is 1. The first-order chi connectivity index (χ1) is 9.34. The molecule has 1 N–H and O–H groups in total. The Hall–Kier alpha value is -0.630. The van der Waals surface area contributed by atoms with E-state index < -0.39 is 10.0 Å². The van der Waals surface area contributed by atoms with Crippen LogP contribution in [0.4, 0.5) is 0 Å². The number of hydrogen-bond donors (Lipinski definition) is 1. The lowest BCUT2D eigenvalue weighted by Crippen LogP contribution is -2.46. The van der Waals surface area contributed by atoms with E-state index in [0.717, 1.165) is 12.2 Å². The molecule has 2 heterocycles. The summed E-state index contributed by atoms with van der Waals surface area (Å²) in [5, 5.41) is 7.58. The second-order valence-electron chi connectivity index (χ2n) is 5.73. The van der Waals surface area contributed by atoms with Gasteiger partial charge in [-0.05, 0) is 19.8 Å². The second kappa shape index (κ2) is 7.09. The van der Waals surface area contributed by atoms with Crippen LogP contribution in [0.3, 0.4) is 0 Å². The summed E-state index contributed by atoms with van der Waals surface area (Å²) in [6.07, 6.45) is 0. The van der Waals surface area contributed by atoms with Gasteiger partial charge in [-0.3, -0.25) is 4.68 Å². The first kappa shape index (κ1) is 18.4. The molecule has 0 radical (unpaired) electrons. The highest BCUT2D eigenvalue weighted by Gasteiger charge is 2.31. The molecule has 0 atom stereocenters. The van der Waals surface area contributed by atoms with Crippen LogP contribution in [-0.2, 0) is 16.6 Å². The van der Waals surface area contributed by atoms with Crippen molar-refractivity contribution in [3.8, 4) is 0 Å². The van der Waals surface area contributed by atoms with Crippen molar-refractivity contribution in [3.63, 3.8) is 0 Å². The fraction of sp³-hybridized carbons (Fsp3) is 0.769. The number of piperazine rings is 1. The molecule has 0 spiro atoms. The third-order valence-corrected chi connectivity index (χ3v) is 5.68. The number of nitrogens with zero attached hydrogens (tertiary/aromatic N) is 3.